The Hall–Kier alpha value is -3.39. The molecule has 4 aromatic rings. The van der Waals surface area contributed by atoms with E-state index in [0.717, 1.165) is 34.0 Å². The second kappa shape index (κ2) is 9.46. The quantitative estimate of drug-likeness (QED) is 0.287. The van der Waals surface area contributed by atoms with Gasteiger partial charge in [0.25, 0.3) is 0 Å². The van der Waals surface area contributed by atoms with Crippen LogP contribution in [-0.2, 0) is 22.5 Å². The molecule has 7 nitrogen and oxygen atoms in total. The molecule has 2 aromatic carbocycles. The molecule has 0 aliphatic rings. The predicted molar refractivity (Wildman–Crippen MR) is 136 cm³/mol. The van der Waals surface area contributed by atoms with Crippen molar-refractivity contribution in [3.63, 3.8) is 0 Å². The molecule has 1 N–H and O–H groups in total. The van der Waals surface area contributed by atoms with Crippen LogP contribution in [0.25, 0.3) is 22.4 Å². The molecule has 176 valence electrons. The summed E-state index contributed by atoms with van der Waals surface area (Å²) >= 11 is 1.53. The normalized spacial score (nSPS) is 11.7. The lowest BCUT2D eigenvalue weighted by molar-refractivity contribution is -0.114. The number of carbonyl (C=O) groups is 1. The Morgan fingerprint density at radius 1 is 1.09 bits per heavy atom. The summed E-state index contributed by atoms with van der Waals surface area (Å²) in [5.41, 5.74) is 3.81. The maximum Gasteiger partial charge on any atom is 0.336 e. The SMILES string of the molecule is CCn1c(SCc2cc(=O)oc3cc(NC(C)=O)ccc23)nnc1-c1ccc(C(C)(C)C)cc1. The molecule has 2 aromatic heterocycles. The fourth-order valence-corrected chi connectivity index (χ4v) is 4.78. The number of aromatic nitrogens is 3. The standard InChI is InChI=1S/C26H28N4O3S/c1-6-30-24(17-7-9-19(10-8-17)26(3,4)5)28-29-25(30)34-15-18-13-23(32)33-22-14-20(27-16(2)31)11-12-21(18)22/h7-14H,6,15H2,1-5H3,(H,27,31). The van der Waals surface area contributed by atoms with E-state index in [1.165, 1.54) is 30.3 Å². The first-order valence-electron chi connectivity index (χ1n) is 11.2. The molecule has 0 saturated carbocycles. The maximum atomic E-state index is 12.2. The second-order valence-corrected chi connectivity index (χ2v) is 10.1. The van der Waals surface area contributed by atoms with Crippen molar-refractivity contribution < 1.29 is 9.21 Å². The summed E-state index contributed by atoms with van der Waals surface area (Å²) in [5.74, 6) is 1.17. The van der Waals surface area contributed by atoms with Gasteiger partial charge in [-0.2, -0.15) is 0 Å². The smallest absolute Gasteiger partial charge is 0.336 e. The molecule has 0 unspecified atom stereocenters. The molecule has 0 aliphatic heterocycles. The average molecular weight is 477 g/mol. The van der Waals surface area contributed by atoms with Crippen LogP contribution in [0.2, 0.25) is 0 Å². The van der Waals surface area contributed by atoms with E-state index in [9.17, 15) is 9.59 Å². The molecule has 0 radical (unpaired) electrons. The predicted octanol–water partition coefficient (Wildman–Crippen LogP) is 5.62. The number of nitrogens with zero attached hydrogens (tertiary/aromatic N) is 3. The largest absolute Gasteiger partial charge is 0.423 e. The van der Waals surface area contributed by atoms with Gasteiger partial charge in [0.1, 0.15) is 5.58 Å². The maximum absolute atomic E-state index is 12.2. The molecular formula is C26H28N4O3S. The Morgan fingerprint density at radius 2 is 1.82 bits per heavy atom. The molecule has 2 heterocycles. The van der Waals surface area contributed by atoms with Crippen molar-refractivity contribution in [1.29, 1.82) is 0 Å². The highest BCUT2D eigenvalue weighted by molar-refractivity contribution is 7.98. The van der Waals surface area contributed by atoms with Gasteiger partial charge in [0.15, 0.2) is 11.0 Å². The Kier molecular flexibility index (Phi) is 6.61. The van der Waals surface area contributed by atoms with Gasteiger partial charge >= 0.3 is 5.63 Å². The average Bonchev–Trinajstić information content (AvgIpc) is 3.19. The minimum Gasteiger partial charge on any atom is -0.423 e. The molecule has 1 amide bonds. The topological polar surface area (TPSA) is 90.0 Å². The summed E-state index contributed by atoms with van der Waals surface area (Å²) in [5, 5.41) is 13.2. The molecular weight excluding hydrogens is 448 g/mol. The zero-order valence-corrected chi connectivity index (χ0v) is 20.8. The van der Waals surface area contributed by atoms with Gasteiger partial charge in [0.2, 0.25) is 5.91 Å². The van der Waals surface area contributed by atoms with Crippen LogP contribution >= 0.6 is 11.8 Å². The van der Waals surface area contributed by atoms with Crippen LogP contribution < -0.4 is 10.9 Å². The molecule has 34 heavy (non-hydrogen) atoms. The van der Waals surface area contributed by atoms with Gasteiger partial charge in [-0.15, -0.1) is 10.2 Å². The molecule has 0 bridgehead atoms. The fraction of sp³-hybridized carbons (Fsp3) is 0.308. The van der Waals surface area contributed by atoms with Crippen molar-refractivity contribution in [2.24, 2.45) is 0 Å². The fourth-order valence-electron chi connectivity index (χ4n) is 3.79. The van der Waals surface area contributed by atoms with E-state index in [2.05, 4.69) is 72.0 Å². The monoisotopic (exact) mass is 476 g/mol. The Labute approximate surface area is 202 Å². The van der Waals surface area contributed by atoms with Crippen molar-refractivity contribution >= 4 is 34.3 Å². The van der Waals surface area contributed by atoms with E-state index in [0.29, 0.717) is 17.0 Å². The lowest BCUT2D eigenvalue weighted by Crippen LogP contribution is -2.10. The first-order valence-corrected chi connectivity index (χ1v) is 12.2. The molecule has 0 atom stereocenters. The van der Waals surface area contributed by atoms with Gasteiger partial charge in [0.05, 0.1) is 0 Å². The molecule has 0 spiro atoms. The number of amides is 1. The van der Waals surface area contributed by atoms with Gasteiger partial charge in [-0.05, 0) is 35.6 Å². The third kappa shape index (κ3) is 5.07. The van der Waals surface area contributed by atoms with Crippen molar-refractivity contribution in [3.8, 4) is 11.4 Å². The summed E-state index contributed by atoms with van der Waals surface area (Å²) in [6.45, 7) is 10.8. The summed E-state index contributed by atoms with van der Waals surface area (Å²) in [6, 6.07) is 15.3. The third-order valence-corrected chi connectivity index (χ3v) is 6.57. The lowest BCUT2D eigenvalue weighted by atomic mass is 9.87. The third-order valence-electron chi connectivity index (χ3n) is 5.55. The second-order valence-electron chi connectivity index (χ2n) is 9.15. The number of hydrogen-bond donors (Lipinski definition) is 1. The number of anilines is 1. The van der Waals surface area contributed by atoms with Crippen molar-refractivity contribution in [1.82, 2.24) is 14.8 Å². The highest BCUT2D eigenvalue weighted by Crippen LogP contribution is 2.30. The lowest BCUT2D eigenvalue weighted by Gasteiger charge is -2.19. The molecule has 8 heteroatoms. The number of fused-ring (bicyclic) bond motifs is 1. The van der Waals surface area contributed by atoms with Gasteiger partial charge in [-0.1, -0.05) is 56.8 Å². The Balaban J connectivity index is 1.60. The molecule has 0 fully saturated rings. The highest BCUT2D eigenvalue weighted by Gasteiger charge is 2.17. The summed E-state index contributed by atoms with van der Waals surface area (Å²) in [7, 11) is 0. The van der Waals surface area contributed by atoms with Crippen molar-refractivity contribution in [2.45, 2.75) is 57.5 Å². The molecule has 0 saturated heterocycles. The van der Waals surface area contributed by atoms with Crippen LogP contribution in [-0.4, -0.2) is 20.7 Å². The van der Waals surface area contributed by atoms with Gasteiger partial charge in [-0.25, -0.2) is 4.79 Å². The molecule has 4 rings (SSSR count). The number of hydrogen-bond acceptors (Lipinski definition) is 6. The van der Waals surface area contributed by atoms with Crippen LogP contribution in [0.4, 0.5) is 5.69 Å². The first kappa shape index (κ1) is 23.8. The van der Waals surface area contributed by atoms with E-state index in [-0.39, 0.29) is 11.3 Å². The van der Waals surface area contributed by atoms with Gasteiger partial charge in [-0.3, -0.25) is 4.79 Å². The van der Waals surface area contributed by atoms with E-state index in [4.69, 9.17) is 4.42 Å². The summed E-state index contributed by atoms with van der Waals surface area (Å²) in [4.78, 5) is 23.5. The summed E-state index contributed by atoms with van der Waals surface area (Å²) in [6.07, 6.45) is 0. The van der Waals surface area contributed by atoms with Gasteiger partial charge in [0, 0.05) is 48.0 Å². The summed E-state index contributed by atoms with van der Waals surface area (Å²) < 4.78 is 7.45. The zero-order valence-electron chi connectivity index (χ0n) is 20.0. The van der Waals surface area contributed by atoms with Crippen molar-refractivity contribution in [3.05, 3.63) is 70.1 Å². The number of thioether (sulfide) groups is 1. The van der Waals surface area contributed by atoms with Gasteiger partial charge < -0.3 is 14.3 Å². The Morgan fingerprint density at radius 3 is 2.47 bits per heavy atom. The van der Waals surface area contributed by atoms with E-state index < -0.39 is 5.63 Å². The van der Waals surface area contributed by atoms with Crippen LogP contribution in [0.15, 0.2) is 62.9 Å². The zero-order chi connectivity index (χ0) is 24.5. The minimum atomic E-state index is -0.431. The van der Waals surface area contributed by atoms with Crippen molar-refractivity contribution in [2.75, 3.05) is 5.32 Å². The minimum absolute atomic E-state index is 0.0893. The number of benzene rings is 2. The van der Waals surface area contributed by atoms with Crippen LogP contribution in [0.1, 0.15) is 45.7 Å². The number of rotatable bonds is 6. The first-order chi connectivity index (χ1) is 16.2. The van der Waals surface area contributed by atoms with E-state index in [1.54, 1.807) is 12.1 Å². The van der Waals surface area contributed by atoms with E-state index >= 15 is 0 Å². The number of nitrogens with one attached hydrogen (secondary N) is 1. The Bertz CT molecular complexity index is 1400. The molecule has 0 aliphatic carbocycles. The van der Waals surface area contributed by atoms with E-state index in [1.807, 2.05) is 6.07 Å². The highest BCUT2D eigenvalue weighted by atomic mass is 32.2. The van der Waals surface area contributed by atoms with Crippen LogP contribution in [0, 0.1) is 0 Å². The van der Waals surface area contributed by atoms with Crippen LogP contribution in [0.5, 0.6) is 0 Å². The number of carbonyl (C=O) groups excluding carboxylic acids is 1. The van der Waals surface area contributed by atoms with Crippen LogP contribution in [0.3, 0.4) is 0 Å².